The molecule has 7 nitrogen and oxygen atoms in total. The summed E-state index contributed by atoms with van der Waals surface area (Å²) in [6.45, 7) is 2.18. The summed E-state index contributed by atoms with van der Waals surface area (Å²) in [4.78, 5) is 9.35. The van der Waals surface area contributed by atoms with Crippen molar-refractivity contribution in [3.8, 4) is 0 Å². The number of nitrogens with zero attached hydrogens (tertiary/aromatic N) is 3. The maximum atomic E-state index is 13.7. The molecule has 1 aromatic carbocycles. The lowest BCUT2D eigenvalue weighted by atomic mass is 10.3. The Labute approximate surface area is 143 Å². The van der Waals surface area contributed by atoms with Crippen molar-refractivity contribution in [1.82, 2.24) is 14.7 Å². The van der Waals surface area contributed by atoms with E-state index in [4.69, 9.17) is 4.74 Å². The van der Waals surface area contributed by atoms with Crippen LogP contribution in [0.15, 0.2) is 35.4 Å². The Kier molecular flexibility index (Phi) is 5.21. The van der Waals surface area contributed by atoms with E-state index in [1.54, 1.807) is 0 Å². The largest absolute Gasteiger partial charge is 0.378 e. The maximum Gasteiger partial charge on any atom is 0.246 e. The molecule has 1 fully saturated rings. The smallest absolute Gasteiger partial charge is 0.246 e. The fourth-order valence-electron chi connectivity index (χ4n) is 2.38. The zero-order valence-corrected chi connectivity index (χ0v) is 14.0. The molecule has 10 heteroatoms. The minimum atomic E-state index is -4.35. The number of anilines is 1. The van der Waals surface area contributed by atoms with E-state index in [-0.39, 0.29) is 6.54 Å². The molecule has 0 unspecified atom stereocenters. The van der Waals surface area contributed by atoms with Gasteiger partial charge < -0.3 is 9.64 Å². The third-order valence-corrected chi connectivity index (χ3v) is 5.08. The summed E-state index contributed by atoms with van der Waals surface area (Å²) >= 11 is 0. The molecule has 1 aromatic heterocycles. The number of morpholine rings is 1. The average Bonchev–Trinajstić information content (AvgIpc) is 2.61. The number of rotatable bonds is 5. The first-order valence-electron chi connectivity index (χ1n) is 7.56. The lowest BCUT2D eigenvalue weighted by molar-refractivity contribution is 0.122. The van der Waals surface area contributed by atoms with Crippen LogP contribution in [0.2, 0.25) is 0 Å². The highest BCUT2D eigenvalue weighted by molar-refractivity contribution is 7.89. The summed E-state index contributed by atoms with van der Waals surface area (Å²) in [6.07, 6.45) is 1.51. The third kappa shape index (κ3) is 4.09. The van der Waals surface area contributed by atoms with Gasteiger partial charge in [-0.3, -0.25) is 0 Å². The van der Waals surface area contributed by atoms with Gasteiger partial charge in [0.05, 0.1) is 25.5 Å². The van der Waals surface area contributed by atoms with Crippen LogP contribution in [0.1, 0.15) is 5.69 Å². The number of nitrogens with one attached hydrogen (secondary N) is 1. The minimum absolute atomic E-state index is 0.212. The average molecular weight is 370 g/mol. The van der Waals surface area contributed by atoms with Crippen LogP contribution in [0.25, 0.3) is 0 Å². The van der Waals surface area contributed by atoms with Gasteiger partial charge in [0, 0.05) is 19.3 Å². The van der Waals surface area contributed by atoms with Crippen molar-refractivity contribution in [3.05, 3.63) is 47.8 Å². The van der Waals surface area contributed by atoms with Gasteiger partial charge in [-0.05, 0) is 18.2 Å². The Morgan fingerprint density at radius 2 is 1.84 bits per heavy atom. The topological polar surface area (TPSA) is 84.4 Å². The first-order chi connectivity index (χ1) is 12.0. The van der Waals surface area contributed by atoms with Crippen LogP contribution in [0.5, 0.6) is 0 Å². The van der Waals surface area contributed by atoms with Crippen LogP contribution >= 0.6 is 0 Å². The van der Waals surface area contributed by atoms with Crippen LogP contribution < -0.4 is 9.62 Å². The first-order valence-corrected chi connectivity index (χ1v) is 9.04. The van der Waals surface area contributed by atoms with Gasteiger partial charge in [-0.15, -0.1) is 0 Å². The fraction of sp³-hybridized carbons (Fsp3) is 0.333. The molecule has 3 rings (SSSR count). The van der Waals surface area contributed by atoms with Crippen molar-refractivity contribution in [1.29, 1.82) is 0 Å². The molecule has 1 aliphatic heterocycles. The molecule has 2 aromatic rings. The van der Waals surface area contributed by atoms with Crippen LogP contribution in [0.3, 0.4) is 0 Å². The molecule has 0 spiro atoms. The number of halogens is 2. The third-order valence-electron chi connectivity index (χ3n) is 3.63. The number of hydrogen-bond donors (Lipinski definition) is 1. The summed E-state index contributed by atoms with van der Waals surface area (Å²) in [6, 6.07) is 4.41. The summed E-state index contributed by atoms with van der Waals surface area (Å²) in [7, 11) is -4.35. The number of aromatic nitrogens is 2. The van der Waals surface area contributed by atoms with Crippen molar-refractivity contribution < 1.29 is 21.9 Å². The predicted molar refractivity (Wildman–Crippen MR) is 85.4 cm³/mol. The van der Waals surface area contributed by atoms with Crippen molar-refractivity contribution in [2.75, 3.05) is 31.2 Å². The SMILES string of the molecule is O=S(=O)(NCc1ccnc(N2CCOCC2)n1)c1c(F)cccc1F. The number of ether oxygens (including phenoxy) is 1. The molecule has 134 valence electrons. The van der Waals surface area contributed by atoms with Gasteiger partial charge >= 0.3 is 0 Å². The second kappa shape index (κ2) is 7.38. The molecule has 0 bridgehead atoms. The molecule has 0 atom stereocenters. The molecule has 0 aliphatic carbocycles. The molecule has 1 saturated heterocycles. The van der Waals surface area contributed by atoms with Crippen molar-refractivity contribution in [2.45, 2.75) is 11.4 Å². The Morgan fingerprint density at radius 1 is 1.16 bits per heavy atom. The van der Waals surface area contributed by atoms with E-state index in [0.29, 0.717) is 37.9 Å². The number of benzene rings is 1. The number of hydrogen-bond acceptors (Lipinski definition) is 6. The summed E-state index contributed by atoms with van der Waals surface area (Å²) in [5.74, 6) is -1.84. The monoisotopic (exact) mass is 370 g/mol. The maximum absolute atomic E-state index is 13.7. The Hall–Kier alpha value is -2.17. The Bertz CT molecular complexity index is 837. The number of sulfonamides is 1. The van der Waals surface area contributed by atoms with E-state index in [0.717, 1.165) is 18.2 Å². The van der Waals surface area contributed by atoms with Crippen LogP contribution in [-0.2, 0) is 21.3 Å². The zero-order chi connectivity index (χ0) is 17.9. The van der Waals surface area contributed by atoms with Crippen LogP contribution in [0, 0.1) is 11.6 Å². The van der Waals surface area contributed by atoms with Gasteiger partial charge in [-0.25, -0.2) is 31.9 Å². The predicted octanol–water partition coefficient (Wildman–Crippen LogP) is 1.07. The van der Waals surface area contributed by atoms with Crippen molar-refractivity contribution in [2.24, 2.45) is 0 Å². The second-order valence-corrected chi connectivity index (χ2v) is 7.03. The van der Waals surface area contributed by atoms with E-state index in [1.807, 2.05) is 4.90 Å². The molecule has 0 saturated carbocycles. The van der Waals surface area contributed by atoms with Gasteiger partial charge in [-0.1, -0.05) is 6.07 Å². The van der Waals surface area contributed by atoms with E-state index in [1.165, 1.54) is 12.3 Å². The molecular formula is C15H16F2N4O3S. The normalized spacial score (nSPS) is 15.4. The van der Waals surface area contributed by atoms with Gasteiger partial charge in [0.25, 0.3) is 0 Å². The summed E-state index contributed by atoms with van der Waals surface area (Å²) < 4.78 is 59.1. The van der Waals surface area contributed by atoms with Gasteiger partial charge in [0.15, 0.2) is 4.90 Å². The summed E-state index contributed by atoms with van der Waals surface area (Å²) in [5, 5.41) is 0. The Morgan fingerprint density at radius 3 is 2.52 bits per heavy atom. The minimum Gasteiger partial charge on any atom is -0.378 e. The zero-order valence-electron chi connectivity index (χ0n) is 13.2. The van der Waals surface area contributed by atoms with E-state index < -0.39 is 26.6 Å². The molecule has 2 heterocycles. The second-order valence-electron chi connectivity index (χ2n) is 5.32. The molecular weight excluding hydrogens is 354 g/mol. The highest BCUT2D eigenvalue weighted by Crippen LogP contribution is 2.18. The van der Waals surface area contributed by atoms with Crippen LogP contribution in [-0.4, -0.2) is 44.7 Å². The van der Waals surface area contributed by atoms with Crippen molar-refractivity contribution in [3.63, 3.8) is 0 Å². The fourth-order valence-corrected chi connectivity index (χ4v) is 3.51. The van der Waals surface area contributed by atoms with E-state index >= 15 is 0 Å². The molecule has 1 N–H and O–H groups in total. The van der Waals surface area contributed by atoms with Crippen LogP contribution in [0.4, 0.5) is 14.7 Å². The van der Waals surface area contributed by atoms with Crippen molar-refractivity contribution >= 4 is 16.0 Å². The quantitative estimate of drug-likeness (QED) is 0.848. The molecule has 0 radical (unpaired) electrons. The molecule has 1 aliphatic rings. The van der Waals surface area contributed by atoms with Gasteiger partial charge in [0.1, 0.15) is 11.6 Å². The highest BCUT2D eigenvalue weighted by Gasteiger charge is 2.23. The lowest BCUT2D eigenvalue weighted by Gasteiger charge is -2.26. The Balaban J connectivity index is 1.75. The molecule has 0 amide bonds. The van der Waals surface area contributed by atoms with Gasteiger partial charge in [-0.2, -0.15) is 0 Å². The lowest BCUT2D eigenvalue weighted by Crippen LogP contribution is -2.37. The summed E-state index contributed by atoms with van der Waals surface area (Å²) in [5.41, 5.74) is 0.386. The van der Waals surface area contributed by atoms with Gasteiger partial charge in [0.2, 0.25) is 16.0 Å². The standard InChI is InChI=1S/C15H16F2N4O3S/c16-12-2-1-3-13(17)14(12)25(22,23)19-10-11-4-5-18-15(20-11)21-6-8-24-9-7-21/h1-5,19H,6-10H2. The highest BCUT2D eigenvalue weighted by atomic mass is 32.2. The first kappa shape index (κ1) is 17.6. The van der Waals surface area contributed by atoms with E-state index in [2.05, 4.69) is 14.7 Å². The van der Waals surface area contributed by atoms with E-state index in [9.17, 15) is 17.2 Å². The molecule has 25 heavy (non-hydrogen) atoms.